The molecule has 2 heterocycles. The van der Waals surface area contributed by atoms with E-state index in [9.17, 15) is 19.2 Å². The highest BCUT2D eigenvalue weighted by atomic mass is 35.5. The Balaban J connectivity index is 2.34. The molecular formula is C18H18Cl4N4O4. The van der Waals surface area contributed by atoms with Crippen molar-refractivity contribution >= 4 is 70.3 Å². The molecule has 3 rings (SSSR count). The number of hydrogen-bond acceptors (Lipinski definition) is 4. The van der Waals surface area contributed by atoms with E-state index in [1.807, 2.05) is 0 Å². The number of amides is 6. The molecule has 30 heavy (non-hydrogen) atoms. The van der Waals surface area contributed by atoms with Crippen LogP contribution >= 0.6 is 46.4 Å². The lowest BCUT2D eigenvalue weighted by Gasteiger charge is -2.34. The van der Waals surface area contributed by atoms with Gasteiger partial charge in [-0.15, -0.1) is 0 Å². The highest BCUT2D eigenvalue weighted by Crippen LogP contribution is 2.47. The molecule has 2 N–H and O–H groups in total. The zero-order valence-corrected chi connectivity index (χ0v) is 19.6. The fourth-order valence-corrected chi connectivity index (χ4v) is 4.51. The maximum Gasteiger partial charge on any atom is 0.327 e. The summed E-state index contributed by atoms with van der Waals surface area (Å²) in [5.74, 6) is -1.38. The molecule has 0 unspecified atom stereocenters. The number of halogens is 4. The van der Waals surface area contributed by atoms with Crippen molar-refractivity contribution in [3.05, 3.63) is 31.2 Å². The number of imide groups is 2. The van der Waals surface area contributed by atoms with E-state index >= 15 is 0 Å². The van der Waals surface area contributed by atoms with Crippen molar-refractivity contribution in [2.24, 2.45) is 0 Å². The van der Waals surface area contributed by atoms with Gasteiger partial charge >= 0.3 is 12.1 Å². The smallest absolute Gasteiger partial charge is 0.324 e. The molecule has 0 aromatic heterocycles. The van der Waals surface area contributed by atoms with Crippen LogP contribution in [0, 0.1) is 6.92 Å². The lowest BCUT2D eigenvalue weighted by atomic mass is 10.0. The Morgan fingerprint density at radius 1 is 0.700 bits per heavy atom. The molecule has 1 aromatic carbocycles. The van der Waals surface area contributed by atoms with Crippen LogP contribution in [0.1, 0.15) is 45.0 Å². The van der Waals surface area contributed by atoms with Crippen molar-refractivity contribution in [3.8, 4) is 0 Å². The third-order valence-electron chi connectivity index (χ3n) is 5.05. The number of urea groups is 2. The van der Waals surface area contributed by atoms with Gasteiger partial charge in [0.25, 0.3) is 11.8 Å². The first kappa shape index (κ1) is 22.9. The topological polar surface area (TPSA) is 98.8 Å². The average Bonchev–Trinajstić information content (AvgIpc) is 2.96. The standard InChI is InChI=1S/C18H18Cl4N4O4/c1-6-8(19)10(21)7(11(22)9(6)20)12(25-13(27)17(2,3)23-15(25)29)26-14(28)18(4,5)24-16(26)30/h12H,1-5H3,(H,23,29)(H,24,30). The normalized spacial score (nSPS) is 20.3. The summed E-state index contributed by atoms with van der Waals surface area (Å²) in [6.07, 6.45) is -1.61. The van der Waals surface area contributed by atoms with Crippen molar-refractivity contribution < 1.29 is 19.2 Å². The van der Waals surface area contributed by atoms with Crippen LogP contribution in [-0.4, -0.2) is 44.8 Å². The lowest BCUT2D eigenvalue weighted by molar-refractivity contribution is -0.140. The van der Waals surface area contributed by atoms with E-state index in [1.54, 1.807) is 6.92 Å². The van der Waals surface area contributed by atoms with Crippen LogP contribution in [0.5, 0.6) is 0 Å². The van der Waals surface area contributed by atoms with E-state index in [0.717, 1.165) is 9.80 Å². The van der Waals surface area contributed by atoms with E-state index in [2.05, 4.69) is 10.6 Å². The summed E-state index contributed by atoms with van der Waals surface area (Å²) in [5.41, 5.74) is -2.32. The van der Waals surface area contributed by atoms with Crippen molar-refractivity contribution in [1.29, 1.82) is 0 Å². The molecule has 2 saturated heterocycles. The van der Waals surface area contributed by atoms with E-state index in [1.165, 1.54) is 27.7 Å². The van der Waals surface area contributed by atoms with Gasteiger partial charge in [0.2, 0.25) is 0 Å². The van der Waals surface area contributed by atoms with E-state index < -0.39 is 41.1 Å². The van der Waals surface area contributed by atoms with E-state index in [-0.39, 0.29) is 25.7 Å². The number of hydrogen-bond donors (Lipinski definition) is 2. The van der Waals surface area contributed by atoms with Gasteiger partial charge in [-0.05, 0) is 40.2 Å². The molecule has 2 aliphatic rings. The predicted molar refractivity (Wildman–Crippen MR) is 113 cm³/mol. The summed E-state index contributed by atoms with van der Waals surface area (Å²) in [7, 11) is 0. The molecule has 0 spiro atoms. The molecule has 1 aromatic rings. The SMILES string of the molecule is Cc1c(Cl)c(Cl)c(C(N2C(=O)NC(C)(C)C2=O)N2C(=O)NC(C)(C)C2=O)c(Cl)c1Cl. The molecule has 162 valence electrons. The maximum absolute atomic E-state index is 13.1. The molecule has 0 bridgehead atoms. The second-order valence-electron chi connectivity index (χ2n) is 8.13. The monoisotopic (exact) mass is 494 g/mol. The molecule has 2 aliphatic heterocycles. The fourth-order valence-electron chi connectivity index (χ4n) is 3.35. The van der Waals surface area contributed by atoms with Gasteiger partial charge in [-0.25, -0.2) is 19.4 Å². The van der Waals surface area contributed by atoms with Gasteiger partial charge in [0.15, 0.2) is 6.17 Å². The molecule has 0 aliphatic carbocycles. The minimum Gasteiger partial charge on any atom is -0.324 e. The third-order valence-corrected chi connectivity index (χ3v) is 6.97. The Bertz CT molecular complexity index is 949. The first-order chi connectivity index (χ1) is 13.6. The molecular weight excluding hydrogens is 478 g/mol. The molecule has 2 fully saturated rings. The second-order valence-corrected chi connectivity index (χ2v) is 9.64. The summed E-state index contributed by atoms with van der Waals surface area (Å²) in [6, 6.07) is -1.67. The van der Waals surface area contributed by atoms with Crippen LogP contribution in [0.25, 0.3) is 0 Å². The Labute approximate surface area is 192 Å². The summed E-state index contributed by atoms with van der Waals surface area (Å²) in [6.45, 7) is 7.52. The highest BCUT2D eigenvalue weighted by molar-refractivity contribution is 6.49. The first-order valence-corrected chi connectivity index (χ1v) is 10.3. The van der Waals surface area contributed by atoms with Crippen LogP contribution < -0.4 is 10.6 Å². The van der Waals surface area contributed by atoms with Gasteiger partial charge < -0.3 is 10.6 Å². The Morgan fingerprint density at radius 3 is 1.30 bits per heavy atom. The van der Waals surface area contributed by atoms with Crippen LogP contribution in [0.2, 0.25) is 20.1 Å². The molecule has 6 amide bonds. The van der Waals surface area contributed by atoms with Gasteiger partial charge in [0, 0.05) is 5.56 Å². The van der Waals surface area contributed by atoms with Gasteiger partial charge in [-0.3, -0.25) is 9.59 Å². The number of nitrogens with zero attached hydrogens (tertiary/aromatic N) is 2. The van der Waals surface area contributed by atoms with Gasteiger partial charge in [-0.1, -0.05) is 46.4 Å². The van der Waals surface area contributed by atoms with Crippen LogP contribution in [0.4, 0.5) is 9.59 Å². The van der Waals surface area contributed by atoms with E-state index in [4.69, 9.17) is 46.4 Å². The zero-order chi connectivity index (χ0) is 22.9. The fraction of sp³-hybridized carbons (Fsp3) is 0.444. The minimum atomic E-state index is -1.61. The number of carbonyl (C=O) groups is 4. The quantitative estimate of drug-likeness (QED) is 0.483. The van der Waals surface area contributed by atoms with Crippen molar-refractivity contribution in [3.63, 3.8) is 0 Å². The van der Waals surface area contributed by atoms with Crippen molar-refractivity contribution in [1.82, 2.24) is 20.4 Å². The molecule has 12 heteroatoms. The summed E-state index contributed by atoms with van der Waals surface area (Å²) in [5, 5.41) is 4.79. The van der Waals surface area contributed by atoms with Crippen molar-refractivity contribution in [2.75, 3.05) is 0 Å². The zero-order valence-electron chi connectivity index (χ0n) is 16.6. The van der Waals surface area contributed by atoms with Gasteiger partial charge in [-0.2, -0.15) is 0 Å². The van der Waals surface area contributed by atoms with Crippen LogP contribution in [0.15, 0.2) is 0 Å². The third kappa shape index (κ3) is 3.21. The molecule has 0 saturated carbocycles. The van der Waals surface area contributed by atoms with Crippen LogP contribution in [-0.2, 0) is 9.59 Å². The Hall–Kier alpha value is -1.74. The molecule has 0 radical (unpaired) electrons. The number of carbonyl (C=O) groups excluding carboxylic acids is 4. The summed E-state index contributed by atoms with van der Waals surface area (Å²) >= 11 is 25.5. The second kappa shape index (κ2) is 7.15. The Kier molecular flexibility index (Phi) is 5.47. The van der Waals surface area contributed by atoms with Gasteiger partial charge in [0.05, 0.1) is 20.1 Å². The molecule has 8 nitrogen and oxygen atoms in total. The largest absolute Gasteiger partial charge is 0.327 e. The lowest BCUT2D eigenvalue weighted by Crippen LogP contribution is -2.49. The first-order valence-electron chi connectivity index (χ1n) is 8.77. The number of benzene rings is 1. The molecule has 0 atom stereocenters. The Morgan fingerprint density at radius 2 is 1.03 bits per heavy atom. The number of nitrogens with one attached hydrogen (secondary N) is 2. The number of rotatable bonds is 3. The summed E-state index contributed by atoms with van der Waals surface area (Å²) < 4.78 is 0. The van der Waals surface area contributed by atoms with Crippen molar-refractivity contribution in [2.45, 2.75) is 51.9 Å². The predicted octanol–water partition coefficient (Wildman–Crippen LogP) is 4.27. The minimum absolute atomic E-state index is 0.0173. The van der Waals surface area contributed by atoms with Crippen LogP contribution in [0.3, 0.4) is 0 Å². The van der Waals surface area contributed by atoms with Gasteiger partial charge in [0.1, 0.15) is 11.1 Å². The van der Waals surface area contributed by atoms with E-state index in [0.29, 0.717) is 5.56 Å². The average molecular weight is 496 g/mol. The summed E-state index contributed by atoms with van der Waals surface area (Å²) in [4.78, 5) is 53.1. The highest BCUT2D eigenvalue weighted by Gasteiger charge is 2.56. The maximum atomic E-state index is 13.1.